The van der Waals surface area contributed by atoms with Crippen LogP contribution in [0.5, 0.6) is 5.75 Å². The molecule has 0 bridgehead atoms. The first-order valence-corrected chi connectivity index (χ1v) is 9.05. The molecule has 0 aromatic heterocycles. The number of benzene rings is 2. The average molecular weight is 348 g/mol. The first-order chi connectivity index (χ1) is 11.5. The normalized spacial score (nSPS) is 11.1. The molecule has 2 aromatic rings. The van der Waals surface area contributed by atoms with Crippen molar-refractivity contribution < 1.29 is 17.9 Å². The van der Waals surface area contributed by atoms with Crippen molar-refractivity contribution in [1.82, 2.24) is 10.0 Å². The summed E-state index contributed by atoms with van der Waals surface area (Å²) < 4.78 is 30.3. The summed E-state index contributed by atoms with van der Waals surface area (Å²) in [4.78, 5) is 12.2. The maximum atomic E-state index is 12.2. The summed E-state index contributed by atoms with van der Waals surface area (Å²) in [7, 11) is -0.430. The molecule has 128 valence electrons. The summed E-state index contributed by atoms with van der Waals surface area (Å²) in [6.07, 6.45) is 0. The van der Waals surface area contributed by atoms with Gasteiger partial charge in [-0.25, -0.2) is 13.1 Å². The number of nitrogens with one attached hydrogen (secondary N) is 2. The highest BCUT2D eigenvalue weighted by Crippen LogP contribution is 2.30. The summed E-state index contributed by atoms with van der Waals surface area (Å²) in [5.41, 5.74) is 2.17. The lowest BCUT2D eigenvalue weighted by molar-refractivity contribution is 0.0956. The zero-order valence-corrected chi connectivity index (χ0v) is 14.4. The number of methoxy groups -OCH3 is 1. The molecule has 0 saturated heterocycles. The van der Waals surface area contributed by atoms with E-state index < -0.39 is 10.0 Å². The van der Waals surface area contributed by atoms with E-state index in [1.807, 2.05) is 30.3 Å². The topological polar surface area (TPSA) is 84.5 Å². The third-order valence-electron chi connectivity index (χ3n) is 3.51. The molecule has 7 heteroatoms. The maximum Gasteiger partial charge on any atom is 0.251 e. The van der Waals surface area contributed by atoms with Gasteiger partial charge in [0.25, 0.3) is 5.91 Å². The molecule has 2 aromatic carbocycles. The quantitative estimate of drug-likeness (QED) is 0.797. The van der Waals surface area contributed by atoms with Gasteiger partial charge >= 0.3 is 0 Å². The fourth-order valence-corrected chi connectivity index (χ4v) is 2.77. The lowest BCUT2D eigenvalue weighted by Crippen LogP contribution is -2.32. The second-order valence-corrected chi connectivity index (χ2v) is 7.11. The molecule has 2 N–H and O–H groups in total. The molecule has 1 amide bonds. The van der Waals surface area contributed by atoms with E-state index in [-0.39, 0.29) is 18.2 Å². The molecule has 2 rings (SSSR count). The molecule has 0 atom stereocenters. The average Bonchev–Trinajstić information content (AvgIpc) is 2.61. The number of amides is 1. The van der Waals surface area contributed by atoms with Crippen molar-refractivity contribution in [3.05, 3.63) is 54.1 Å². The van der Waals surface area contributed by atoms with Crippen molar-refractivity contribution in [3.63, 3.8) is 0 Å². The van der Waals surface area contributed by atoms with Crippen LogP contribution in [0.15, 0.2) is 48.5 Å². The van der Waals surface area contributed by atoms with Crippen LogP contribution in [0.1, 0.15) is 10.4 Å². The van der Waals surface area contributed by atoms with Gasteiger partial charge in [-0.15, -0.1) is 0 Å². The molecular weight excluding hydrogens is 328 g/mol. The smallest absolute Gasteiger partial charge is 0.251 e. The van der Waals surface area contributed by atoms with Crippen LogP contribution in [-0.4, -0.2) is 40.8 Å². The largest absolute Gasteiger partial charge is 0.496 e. The maximum absolute atomic E-state index is 12.2. The highest BCUT2D eigenvalue weighted by molar-refractivity contribution is 7.89. The van der Waals surface area contributed by atoms with E-state index in [2.05, 4.69) is 10.0 Å². The number of rotatable bonds is 7. The van der Waals surface area contributed by atoms with E-state index >= 15 is 0 Å². The molecule has 0 saturated carbocycles. The van der Waals surface area contributed by atoms with E-state index in [9.17, 15) is 13.2 Å². The zero-order valence-electron chi connectivity index (χ0n) is 13.6. The Labute approximate surface area is 141 Å². The number of carbonyl (C=O) groups is 1. The Morgan fingerprint density at radius 3 is 2.46 bits per heavy atom. The van der Waals surface area contributed by atoms with Crippen molar-refractivity contribution >= 4 is 15.9 Å². The van der Waals surface area contributed by atoms with Gasteiger partial charge in [-0.05, 0) is 30.8 Å². The van der Waals surface area contributed by atoms with Crippen LogP contribution < -0.4 is 14.8 Å². The lowest BCUT2D eigenvalue weighted by atomic mass is 10.0. The van der Waals surface area contributed by atoms with Crippen LogP contribution in [0.25, 0.3) is 11.1 Å². The van der Waals surface area contributed by atoms with Gasteiger partial charge in [0.15, 0.2) is 0 Å². The molecule has 0 aliphatic carbocycles. The molecule has 6 nitrogen and oxygen atoms in total. The fraction of sp³-hybridized carbons (Fsp3) is 0.235. The van der Waals surface area contributed by atoms with Gasteiger partial charge in [0.2, 0.25) is 10.0 Å². The van der Waals surface area contributed by atoms with Crippen molar-refractivity contribution in [1.29, 1.82) is 0 Å². The number of hydrogen-bond acceptors (Lipinski definition) is 4. The van der Waals surface area contributed by atoms with E-state index in [0.29, 0.717) is 11.3 Å². The standard InChI is InChI=1S/C17H20N2O4S/c1-18-24(21,22)11-10-19-17(20)14-8-9-16(23-2)15(12-14)13-6-4-3-5-7-13/h3-9,12,18H,10-11H2,1-2H3,(H,19,20). The third kappa shape index (κ3) is 4.56. The summed E-state index contributed by atoms with van der Waals surface area (Å²) >= 11 is 0. The lowest BCUT2D eigenvalue weighted by Gasteiger charge is -2.11. The Balaban J connectivity index is 2.18. The second-order valence-electron chi connectivity index (χ2n) is 5.06. The van der Waals surface area contributed by atoms with E-state index in [4.69, 9.17) is 4.74 Å². The summed E-state index contributed by atoms with van der Waals surface area (Å²) in [5.74, 6) is 0.161. The molecule has 0 heterocycles. The minimum atomic E-state index is -3.34. The van der Waals surface area contributed by atoms with Crippen LogP contribution in [0, 0.1) is 0 Å². The number of ether oxygens (including phenoxy) is 1. The SMILES string of the molecule is CNS(=O)(=O)CCNC(=O)c1ccc(OC)c(-c2ccccc2)c1. The van der Waals surface area contributed by atoms with Gasteiger partial charge in [0, 0.05) is 17.7 Å². The van der Waals surface area contributed by atoms with Crippen LogP contribution in [0.3, 0.4) is 0 Å². The Bertz CT molecular complexity index is 805. The van der Waals surface area contributed by atoms with Crippen molar-refractivity contribution in [2.75, 3.05) is 26.5 Å². The predicted molar refractivity (Wildman–Crippen MR) is 93.6 cm³/mol. The highest BCUT2D eigenvalue weighted by Gasteiger charge is 2.13. The van der Waals surface area contributed by atoms with Gasteiger partial charge in [-0.2, -0.15) is 0 Å². The molecule has 0 spiro atoms. The molecule has 0 fully saturated rings. The summed E-state index contributed by atoms with van der Waals surface area (Å²) in [6.45, 7) is 0.0364. The Morgan fingerprint density at radius 2 is 1.83 bits per heavy atom. The van der Waals surface area contributed by atoms with E-state index in [0.717, 1.165) is 11.1 Å². The van der Waals surface area contributed by atoms with Gasteiger partial charge in [-0.1, -0.05) is 30.3 Å². The Morgan fingerprint density at radius 1 is 1.12 bits per heavy atom. The Hall–Kier alpha value is -2.38. The number of hydrogen-bond donors (Lipinski definition) is 2. The van der Waals surface area contributed by atoms with Crippen LogP contribution in [-0.2, 0) is 10.0 Å². The van der Waals surface area contributed by atoms with Gasteiger partial charge in [-0.3, -0.25) is 4.79 Å². The van der Waals surface area contributed by atoms with Gasteiger partial charge in [0.05, 0.1) is 12.9 Å². The molecular formula is C17H20N2O4S. The van der Waals surface area contributed by atoms with E-state index in [1.165, 1.54) is 7.05 Å². The van der Waals surface area contributed by atoms with Crippen molar-refractivity contribution in [3.8, 4) is 16.9 Å². The molecule has 0 aliphatic rings. The highest BCUT2D eigenvalue weighted by atomic mass is 32.2. The van der Waals surface area contributed by atoms with Crippen molar-refractivity contribution in [2.45, 2.75) is 0 Å². The van der Waals surface area contributed by atoms with Crippen LogP contribution in [0.2, 0.25) is 0 Å². The van der Waals surface area contributed by atoms with Gasteiger partial charge < -0.3 is 10.1 Å². The molecule has 0 aliphatic heterocycles. The van der Waals surface area contributed by atoms with Crippen LogP contribution >= 0.6 is 0 Å². The third-order valence-corrected chi connectivity index (χ3v) is 4.88. The first kappa shape index (κ1) is 18.0. The number of sulfonamides is 1. The molecule has 24 heavy (non-hydrogen) atoms. The number of carbonyl (C=O) groups excluding carboxylic acids is 1. The minimum Gasteiger partial charge on any atom is -0.496 e. The zero-order chi connectivity index (χ0) is 17.6. The first-order valence-electron chi connectivity index (χ1n) is 7.39. The summed E-state index contributed by atoms with van der Waals surface area (Å²) in [5, 5.41) is 2.61. The summed E-state index contributed by atoms with van der Waals surface area (Å²) in [6, 6.07) is 14.7. The monoisotopic (exact) mass is 348 g/mol. The molecule has 0 radical (unpaired) electrons. The second kappa shape index (κ2) is 7.94. The minimum absolute atomic E-state index is 0.0364. The van der Waals surface area contributed by atoms with Crippen LogP contribution in [0.4, 0.5) is 0 Å². The van der Waals surface area contributed by atoms with Gasteiger partial charge in [0.1, 0.15) is 5.75 Å². The van der Waals surface area contributed by atoms with E-state index in [1.54, 1.807) is 25.3 Å². The molecule has 0 unspecified atom stereocenters. The predicted octanol–water partition coefficient (Wildman–Crippen LogP) is 1.64. The van der Waals surface area contributed by atoms with Crippen molar-refractivity contribution in [2.24, 2.45) is 0 Å². The Kier molecular flexibility index (Phi) is 5.94. The fourth-order valence-electron chi connectivity index (χ4n) is 2.20.